The lowest BCUT2D eigenvalue weighted by molar-refractivity contribution is 0.0318. The van der Waals surface area contributed by atoms with Gasteiger partial charge in [0.25, 0.3) is 0 Å². The van der Waals surface area contributed by atoms with E-state index in [4.69, 9.17) is 0 Å². The van der Waals surface area contributed by atoms with Gasteiger partial charge in [0.15, 0.2) is 0 Å². The summed E-state index contributed by atoms with van der Waals surface area (Å²) in [6.07, 6.45) is 0. The Labute approximate surface area is 139 Å². The Hall–Kier alpha value is -1.59. The molecule has 0 atom stereocenters. The normalized spacial score (nSPS) is 20.6. The summed E-state index contributed by atoms with van der Waals surface area (Å²) >= 11 is 0. The predicted octanol–water partition coefficient (Wildman–Crippen LogP) is 2.27. The SMILES string of the molecule is CC(C)c1ccc(NC(=O)N2CC(N3CCN(C)CC3)C2)cc1. The second-order valence-corrected chi connectivity index (χ2v) is 7.10. The third-order valence-electron chi connectivity index (χ3n) is 5.03. The van der Waals surface area contributed by atoms with Gasteiger partial charge < -0.3 is 15.1 Å². The number of benzene rings is 1. The van der Waals surface area contributed by atoms with Crippen LogP contribution in [0.15, 0.2) is 24.3 Å². The van der Waals surface area contributed by atoms with Crippen molar-refractivity contribution in [2.45, 2.75) is 25.8 Å². The summed E-state index contributed by atoms with van der Waals surface area (Å²) in [4.78, 5) is 19.1. The summed E-state index contributed by atoms with van der Waals surface area (Å²) in [7, 11) is 2.17. The third kappa shape index (κ3) is 3.85. The quantitative estimate of drug-likeness (QED) is 0.930. The zero-order valence-electron chi connectivity index (χ0n) is 14.5. The first-order chi connectivity index (χ1) is 11.0. The van der Waals surface area contributed by atoms with Crippen molar-refractivity contribution in [1.29, 1.82) is 0 Å². The van der Waals surface area contributed by atoms with E-state index in [0.717, 1.165) is 45.0 Å². The Morgan fingerprint density at radius 2 is 1.70 bits per heavy atom. The molecule has 1 aromatic carbocycles. The Balaban J connectivity index is 1.45. The van der Waals surface area contributed by atoms with Crippen molar-refractivity contribution in [2.75, 3.05) is 51.6 Å². The summed E-state index contributed by atoms with van der Waals surface area (Å²) in [5.41, 5.74) is 2.17. The van der Waals surface area contributed by atoms with Crippen LogP contribution in [-0.2, 0) is 0 Å². The first-order valence-electron chi connectivity index (χ1n) is 8.61. The minimum atomic E-state index is 0.0210. The Morgan fingerprint density at radius 1 is 1.09 bits per heavy atom. The number of carbonyl (C=O) groups is 1. The lowest BCUT2D eigenvalue weighted by Gasteiger charge is -2.47. The van der Waals surface area contributed by atoms with Crippen LogP contribution in [0.3, 0.4) is 0 Å². The van der Waals surface area contributed by atoms with E-state index in [1.165, 1.54) is 5.56 Å². The number of rotatable bonds is 3. The van der Waals surface area contributed by atoms with Crippen molar-refractivity contribution in [2.24, 2.45) is 0 Å². The van der Waals surface area contributed by atoms with Crippen molar-refractivity contribution >= 4 is 11.7 Å². The average Bonchev–Trinajstić information content (AvgIpc) is 2.48. The predicted molar refractivity (Wildman–Crippen MR) is 94.0 cm³/mol. The molecule has 0 spiro atoms. The van der Waals surface area contributed by atoms with E-state index in [9.17, 15) is 4.79 Å². The van der Waals surface area contributed by atoms with Crippen molar-refractivity contribution in [1.82, 2.24) is 14.7 Å². The molecule has 0 bridgehead atoms. The Morgan fingerprint density at radius 3 is 2.26 bits per heavy atom. The van der Waals surface area contributed by atoms with E-state index in [2.05, 4.69) is 48.1 Å². The van der Waals surface area contributed by atoms with Crippen LogP contribution >= 0.6 is 0 Å². The first kappa shape index (κ1) is 16.3. The summed E-state index contributed by atoms with van der Waals surface area (Å²) in [5, 5.41) is 3.00. The van der Waals surface area contributed by atoms with Crippen LogP contribution in [0, 0.1) is 0 Å². The molecule has 0 aromatic heterocycles. The molecule has 0 saturated carbocycles. The molecular weight excluding hydrogens is 288 g/mol. The second kappa shape index (κ2) is 6.89. The number of hydrogen-bond donors (Lipinski definition) is 1. The first-order valence-corrected chi connectivity index (χ1v) is 8.61. The van der Waals surface area contributed by atoms with E-state index in [1.54, 1.807) is 0 Å². The molecule has 2 fully saturated rings. The van der Waals surface area contributed by atoms with Gasteiger partial charge >= 0.3 is 6.03 Å². The summed E-state index contributed by atoms with van der Waals surface area (Å²) in [6, 6.07) is 8.72. The van der Waals surface area contributed by atoms with Gasteiger partial charge in [-0.3, -0.25) is 4.90 Å². The van der Waals surface area contributed by atoms with Gasteiger partial charge in [0.1, 0.15) is 0 Å². The number of likely N-dealkylation sites (tertiary alicyclic amines) is 1. The van der Waals surface area contributed by atoms with Crippen LogP contribution in [0.4, 0.5) is 10.5 Å². The molecule has 0 radical (unpaired) electrons. The molecule has 1 N–H and O–H groups in total. The van der Waals surface area contributed by atoms with Gasteiger partial charge in [-0.25, -0.2) is 4.79 Å². The Bertz CT molecular complexity index is 528. The van der Waals surface area contributed by atoms with E-state index in [-0.39, 0.29) is 6.03 Å². The number of hydrogen-bond acceptors (Lipinski definition) is 3. The van der Waals surface area contributed by atoms with E-state index in [1.807, 2.05) is 17.0 Å². The largest absolute Gasteiger partial charge is 0.321 e. The summed E-state index contributed by atoms with van der Waals surface area (Å²) in [5.74, 6) is 0.513. The molecule has 1 aromatic rings. The molecule has 23 heavy (non-hydrogen) atoms. The molecule has 5 nitrogen and oxygen atoms in total. The highest BCUT2D eigenvalue weighted by Crippen LogP contribution is 2.20. The monoisotopic (exact) mass is 316 g/mol. The van der Waals surface area contributed by atoms with Crippen molar-refractivity contribution in [3.63, 3.8) is 0 Å². The number of nitrogens with one attached hydrogen (secondary N) is 1. The fourth-order valence-electron chi connectivity index (χ4n) is 3.19. The molecule has 0 unspecified atom stereocenters. The molecule has 5 heteroatoms. The number of likely N-dealkylation sites (N-methyl/N-ethyl adjacent to an activating group) is 1. The molecule has 2 amide bonds. The van der Waals surface area contributed by atoms with Crippen LogP contribution in [0.2, 0.25) is 0 Å². The lowest BCUT2D eigenvalue weighted by atomic mass is 10.0. The van der Waals surface area contributed by atoms with Crippen LogP contribution in [0.5, 0.6) is 0 Å². The molecule has 2 saturated heterocycles. The van der Waals surface area contributed by atoms with Gasteiger partial charge in [-0.2, -0.15) is 0 Å². The maximum atomic E-state index is 12.3. The van der Waals surface area contributed by atoms with Gasteiger partial charge in [0, 0.05) is 51.0 Å². The highest BCUT2D eigenvalue weighted by molar-refractivity contribution is 5.89. The highest BCUT2D eigenvalue weighted by atomic mass is 16.2. The number of anilines is 1. The topological polar surface area (TPSA) is 38.8 Å². The van der Waals surface area contributed by atoms with Gasteiger partial charge in [0.05, 0.1) is 0 Å². The number of nitrogens with zero attached hydrogens (tertiary/aromatic N) is 3. The molecule has 126 valence electrons. The number of carbonyl (C=O) groups excluding carboxylic acids is 1. The van der Waals surface area contributed by atoms with Crippen LogP contribution < -0.4 is 5.32 Å². The van der Waals surface area contributed by atoms with Crippen LogP contribution in [0.25, 0.3) is 0 Å². The maximum absolute atomic E-state index is 12.3. The molecular formula is C18H28N4O. The van der Waals surface area contributed by atoms with Crippen molar-refractivity contribution < 1.29 is 4.79 Å². The second-order valence-electron chi connectivity index (χ2n) is 7.10. The fraction of sp³-hybridized carbons (Fsp3) is 0.611. The zero-order valence-corrected chi connectivity index (χ0v) is 14.5. The molecule has 2 heterocycles. The molecule has 3 rings (SSSR count). The zero-order chi connectivity index (χ0) is 16.4. The highest BCUT2D eigenvalue weighted by Gasteiger charge is 2.35. The van der Waals surface area contributed by atoms with Crippen molar-refractivity contribution in [3.05, 3.63) is 29.8 Å². The average molecular weight is 316 g/mol. The van der Waals surface area contributed by atoms with Gasteiger partial charge in [0.2, 0.25) is 0 Å². The molecule has 2 aliphatic heterocycles. The third-order valence-corrected chi connectivity index (χ3v) is 5.03. The maximum Gasteiger partial charge on any atom is 0.321 e. The fourth-order valence-corrected chi connectivity index (χ4v) is 3.19. The molecule has 2 aliphatic rings. The van der Waals surface area contributed by atoms with Crippen LogP contribution in [-0.4, -0.2) is 73.1 Å². The van der Waals surface area contributed by atoms with Gasteiger partial charge in [-0.05, 0) is 30.7 Å². The minimum Gasteiger partial charge on any atom is -0.321 e. The van der Waals surface area contributed by atoms with E-state index < -0.39 is 0 Å². The van der Waals surface area contributed by atoms with E-state index in [0.29, 0.717) is 12.0 Å². The van der Waals surface area contributed by atoms with Crippen molar-refractivity contribution in [3.8, 4) is 0 Å². The smallest absolute Gasteiger partial charge is 0.321 e. The standard InChI is InChI=1S/C18H28N4O/c1-14(2)15-4-6-16(7-5-15)19-18(23)22-12-17(13-22)21-10-8-20(3)9-11-21/h4-7,14,17H,8-13H2,1-3H3,(H,19,23). The number of amides is 2. The Kier molecular flexibility index (Phi) is 4.87. The summed E-state index contributed by atoms with van der Waals surface area (Å²) in [6.45, 7) is 10.5. The van der Waals surface area contributed by atoms with E-state index >= 15 is 0 Å². The lowest BCUT2D eigenvalue weighted by Crippen LogP contribution is -2.64. The van der Waals surface area contributed by atoms with Gasteiger partial charge in [-0.1, -0.05) is 26.0 Å². The minimum absolute atomic E-state index is 0.0210. The molecule has 0 aliphatic carbocycles. The summed E-state index contributed by atoms with van der Waals surface area (Å²) < 4.78 is 0. The number of urea groups is 1. The van der Waals surface area contributed by atoms with Gasteiger partial charge in [-0.15, -0.1) is 0 Å². The van der Waals surface area contributed by atoms with Crippen LogP contribution in [0.1, 0.15) is 25.3 Å². The number of piperazine rings is 1.